The predicted molar refractivity (Wildman–Crippen MR) is 82.9 cm³/mol. The molecule has 0 spiro atoms. The van der Waals surface area contributed by atoms with E-state index in [-0.39, 0.29) is 18.1 Å². The first kappa shape index (κ1) is 15.7. The van der Waals surface area contributed by atoms with Gasteiger partial charge in [-0.1, -0.05) is 5.16 Å². The molecule has 3 heterocycles. The van der Waals surface area contributed by atoms with E-state index in [1.807, 2.05) is 33.9 Å². The van der Waals surface area contributed by atoms with Crippen molar-refractivity contribution in [3.05, 3.63) is 34.5 Å². The second kappa shape index (κ2) is 5.81. The minimum atomic E-state index is -0.108. The van der Waals surface area contributed by atoms with Crippen LogP contribution in [-0.2, 0) is 24.8 Å². The van der Waals surface area contributed by atoms with Crippen molar-refractivity contribution >= 4 is 5.91 Å². The van der Waals surface area contributed by atoms with Crippen molar-refractivity contribution in [1.29, 1.82) is 0 Å². The van der Waals surface area contributed by atoms with Crippen LogP contribution in [0.2, 0.25) is 0 Å². The van der Waals surface area contributed by atoms with Gasteiger partial charge in [0, 0.05) is 32.1 Å². The molecule has 2 atom stereocenters. The first-order chi connectivity index (χ1) is 10.9. The van der Waals surface area contributed by atoms with Crippen LogP contribution in [0.4, 0.5) is 0 Å². The fourth-order valence-electron chi connectivity index (χ4n) is 3.20. The Morgan fingerprint density at radius 1 is 1.48 bits per heavy atom. The van der Waals surface area contributed by atoms with Crippen LogP contribution in [0.15, 0.2) is 10.6 Å². The molecule has 1 aliphatic heterocycles. The van der Waals surface area contributed by atoms with Gasteiger partial charge < -0.3 is 14.2 Å². The summed E-state index contributed by atoms with van der Waals surface area (Å²) in [6.45, 7) is 6.23. The van der Waals surface area contributed by atoms with E-state index in [1.165, 1.54) is 0 Å². The number of ether oxygens (including phenoxy) is 1. The van der Waals surface area contributed by atoms with Crippen LogP contribution in [0.3, 0.4) is 0 Å². The van der Waals surface area contributed by atoms with Gasteiger partial charge in [-0.05, 0) is 20.8 Å². The molecule has 0 N–H and O–H groups in total. The summed E-state index contributed by atoms with van der Waals surface area (Å²) < 4.78 is 12.6. The van der Waals surface area contributed by atoms with Gasteiger partial charge in [0.2, 0.25) is 0 Å². The SMILES string of the molecule is Cc1cc(CN(C)C(=O)c2nn(C)c3c2C[C@@H](C)O[C@H]3C)no1. The summed E-state index contributed by atoms with van der Waals surface area (Å²) >= 11 is 0. The standard InChI is InChI=1S/C16H22N4O3/c1-9-7-13-14(17-20(5)15(13)11(3)22-9)16(21)19(4)8-12-6-10(2)23-18-12/h6,9,11H,7-8H2,1-5H3/t9-,11+/m1/s1. The fourth-order valence-corrected chi connectivity index (χ4v) is 3.20. The number of carbonyl (C=O) groups is 1. The van der Waals surface area contributed by atoms with Gasteiger partial charge >= 0.3 is 0 Å². The molecule has 124 valence electrons. The highest BCUT2D eigenvalue weighted by Crippen LogP contribution is 2.32. The first-order valence-corrected chi connectivity index (χ1v) is 7.75. The molecule has 0 aliphatic carbocycles. The van der Waals surface area contributed by atoms with Gasteiger partial charge in [-0.25, -0.2) is 0 Å². The van der Waals surface area contributed by atoms with Crippen molar-refractivity contribution < 1.29 is 14.1 Å². The van der Waals surface area contributed by atoms with Gasteiger partial charge in [0.25, 0.3) is 5.91 Å². The summed E-state index contributed by atoms with van der Waals surface area (Å²) in [5.41, 5.74) is 3.21. The summed E-state index contributed by atoms with van der Waals surface area (Å²) in [7, 11) is 3.60. The summed E-state index contributed by atoms with van der Waals surface area (Å²) in [4.78, 5) is 14.4. The molecule has 2 aromatic rings. The quantitative estimate of drug-likeness (QED) is 0.865. The molecule has 0 aromatic carbocycles. The highest BCUT2D eigenvalue weighted by Gasteiger charge is 2.32. The van der Waals surface area contributed by atoms with Gasteiger partial charge in [0.15, 0.2) is 5.69 Å². The number of hydrogen-bond acceptors (Lipinski definition) is 5. The van der Waals surface area contributed by atoms with Crippen LogP contribution in [0, 0.1) is 6.92 Å². The van der Waals surface area contributed by atoms with E-state index in [1.54, 1.807) is 16.6 Å². The first-order valence-electron chi connectivity index (χ1n) is 7.75. The van der Waals surface area contributed by atoms with Crippen LogP contribution < -0.4 is 0 Å². The van der Waals surface area contributed by atoms with Crippen LogP contribution in [0.1, 0.15) is 53.2 Å². The maximum Gasteiger partial charge on any atom is 0.274 e. The maximum atomic E-state index is 12.8. The molecule has 7 nitrogen and oxygen atoms in total. The molecule has 23 heavy (non-hydrogen) atoms. The van der Waals surface area contributed by atoms with Crippen LogP contribution in [0.5, 0.6) is 0 Å². The Hall–Kier alpha value is -2.15. The van der Waals surface area contributed by atoms with Crippen molar-refractivity contribution in [3.63, 3.8) is 0 Å². The lowest BCUT2D eigenvalue weighted by Gasteiger charge is -2.26. The number of rotatable bonds is 3. The smallest absolute Gasteiger partial charge is 0.274 e. The van der Waals surface area contributed by atoms with E-state index in [2.05, 4.69) is 10.3 Å². The van der Waals surface area contributed by atoms with Crippen molar-refractivity contribution in [3.8, 4) is 0 Å². The van der Waals surface area contributed by atoms with Crippen molar-refractivity contribution in [2.75, 3.05) is 7.05 Å². The van der Waals surface area contributed by atoms with E-state index in [0.29, 0.717) is 18.7 Å². The predicted octanol–water partition coefficient (Wildman–Crippen LogP) is 2.01. The minimum Gasteiger partial charge on any atom is -0.369 e. The lowest BCUT2D eigenvalue weighted by atomic mass is 9.99. The summed E-state index contributed by atoms with van der Waals surface area (Å²) in [6, 6.07) is 1.83. The minimum absolute atomic E-state index is 0.0590. The molecule has 0 radical (unpaired) electrons. The third-order valence-electron chi connectivity index (χ3n) is 4.13. The number of aromatic nitrogens is 3. The maximum absolute atomic E-state index is 12.8. The number of nitrogens with zero attached hydrogens (tertiary/aromatic N) is 4. The van der Waals surface area contributed by atoms with Gasteiger partial charge in [-0.15, -0.1) is 0 Å². The van der Waals surface area contributed by atoms with Crippen molar-refractivity contribution in [1.82, 2.24) is 19.8 Å². The zero-order chi connectivity index (χ0) is 16.7. The largest absolute Gasteiger partial charge is 0.369 e. The number of hydrogen-bond donors (Lipinski definition) is 0. The Morgan fingerprint density at radius 3 is 2.87 bits per heavy atom. The lowest BCUT2D eigenvalue weighted by Crippen LogP contribution is -2.29. The van der Waals surface area contributed by atoms with E-state index >= 15 is 0 Å². The second-order valence-electron chi connectivity index (χ2n) is 6.22. The Bertz CT molecular complexity index is 734. The van der Waals surface area contributed by atoms with Crippen LogP contribution in [-0.4, -0.2) is 38.9 Å². The Morgan fingerprint density at radius 2 is 2.22 bits per heavy atom. The Balaban J connectivity index is 1.86. The van der Waals surface area contributed by atoms with Crippen LogP contribution in [0.25, 0.3) is 0 Å². The molecule has 0 saturated carbocycles. The van der Waals surface area contributed by atoms with E-state index in [0.717, 1.165) is 22.7 Å². The molecule has 0 fully saturated rings. The third kappa shape index (κ3) is 2.88. The van der Waals surface area contributed by atoms with Gasteiger partial charge in [-0.2, -0.15) is 5.10 Å². The monoisotopic (exact) mass is 318 g/mol. The second-order valence-corrected chi connectivity index (χ2v) is 6.22. The molecular weight excluding hydrogens is 296 g/mol. The zero-order valence-corrected chi connectivity index (χ0v) is 14.2. The zero-order valence-electron chi connectivity index (χ0n) is 14.2. The molecular formula is C16H22N4O3. The van der Waals surface area contributed by atoms with E-state index in [4.69, 9.17) is 9.26 Å². The molecule has 0 bridgehead atoms. The summed E-state index contributed by atoms with van der Waals surface area (Å²) in [5.74, 6) is 0.625. The highest BCUT2D eigenvalue weighted by atomic mass is 16.5. The van der Waals surface area contributed by atoms with E-state index in [9.17, 15) is 4.79 Å². The Labute approximate surface area is 135 Å². The number of carbonyl (C=O) groups excluding carboxylic acids is 1. The average Bonchev–Trinajstić information content (AvgIpc) is 3.01. The van der Waals surface area contributed by atoms with Gasteiger partial charge in [0.05, 0.1) is 24.4 Å². The Kier molecular flexibility index (Phi) is 3.97. The molecule has 1 amide bonds. The lowest BCUT2D eigenvalue weighted by molar-refractivity contribution is -0.00906. The number of fused-ring (bicyclic) bond motifs is 1. The van der Waals surface area contributed by atoms with Crippen molar-refractivity contribution in [2.24, 2.45) is 7.05 Å². The molecule has 7 heteroatoms. The van der Waals surface area contributed by atoms with E-state index < -0.39 is 0 Å². The molecule has 0 unspecified atom stereocenters. The fraction of sp³-hybridized carbons (Fsp3) is 0.562. The molecule has 2 aromatic heterocycles. The molecule has 1 aliphatic rings. The number of amides is 1. The topological polar surface area (TPSA) is 73.4 Å². The van der Waals surface area contributed by atoms with Gasteiger partial charge in [-0.3, -0.25) is 9.48 Å². The average molecular weight is 318 g/mol. The molecule has 3 rings (SSSR count). The summed E-state index contributed by atoms with van der Waals surface area (Å²) in [6.07, 6.45) is 0.721. The highest BCUT2D eigenvalue weighted by molar-refractivity contribution is 5.94. The number of aryl methyl sites for hydroxylation is 2. The summed E-state index contributed by atoms with van der Waals surface area (Å²) in [5, 5.41) is 8.38. The normalized spacial score (nSPS) is 20.4. The van der Waals surface area contributed by atoms with Crippen LogP contribution >= 0.6 is 0 Å². The third-order valence-corrected chi connectivity index (χ3v) is 4.13. The van der Waals surface area contributed by atoms with Gasteiger partial charge in [0.1, 0.15) is 11.5 Å². The molecule has 0 saturated heterocycles. The van der Waals surface area contributed by atoms with Crippen molar-refractivity contribution in [2.45, 2.75) is 45.9 Å².